The number of benzene rings is 2. The van der Waals surface area contributed by atoms with E-state index >= 15 is 0 Å². The first-order valence-electron chi connectivity index (χ1n) is 9.43. The van der Waals surface area contributed by atoms with E-state index in [0.717, 1.165) is 11.1 Å². The van der Waals surface area contributed by atoms with Crippen LogP contribution in [-0.2, 0) is 0 Å². The first kappa shape index (κ1) is 19.1. The molecule has 0 saturated heterocycles. The van der Waals surface area contributed by atoms with Gasteiger partial charge in [-0.25, -0.2) is 13.8 Å². The average molecular weight is 431 g/mol. The van der Waals surface area contributed by atoms with Crippen LogP contribution in [-0.4, -0.2) is 15.2 Å². The van der Waals surface area contributed by atoms with Crippen LogP contribution in [0, 0.1) is 11.6 Å². The van der Waals surface area contributed by atoms with E-state index in [9.17, 15) is 13.6 Å². The van der Waals surface area contributed by atoms with Gasteiger partial charge in [-0.15, -0.1) is 11.3 Å². The summed E-state index contributed by atoms with van der Waals surface area (Å²) in [4.78, 5) is 17.9. The molecule has 2 aromatic carbocycles. The molecule has 0 bridgehead atoms. The van der Waals surface area contributed by atoms with E-state index in [-0.39, 0.29) is 11.6 Å². The SMILES string of the molecule is Nc1c(-c2nc(-c3ccc(F)cc3)cs2)c2ccccn2c1C(=O)c1ccc(F)cc1. The maximum absolute atomic E-state index is 13.3. The molecule has 0 atom stereocenters. The number of aromatic nitrogens is 2. The quantitative estimate of drug-likeness (QED) is 0.365. The van der Waals surface area contributed by atoms with Gasteiger partial charge in [0, 0.05) is 22.7 Å². The Morgan fingerprint density at radius 3 is 2.32 bits per heavy atom. The lowest BCUT2D eigenvalue weighted by molar-refractivity contribution is 0.103. The highest BCUT2D eigenvalue weighted by atomic mass is 32.1. The van der Waals surface area contributed by atoms with Gasteiger partial charge in [-0.3, -0.25) is 4.79 Å². The van der Waals surface area contributed by atoms with Crippen molar-refractivity contribution >= 4 is 28.3 Å². The molecule has 31 heavy (non-hydrogen) atoms. The number of hydrogen-bond acceptors (Lipinski definition) is 4. The van der Waals surface area contributed by atoms with Gasteiger partial charge in [0.25, 0.3) is 0 Å². The third-order valence-corrected chi connectivity index (χ3v) is 5.92. The van der Waals surface area contributed by atoms with E-state index < -0.39 is 5.82 Å². The lowest BCUT2D eigenvalue weighted by Gasteiger charge is -2.03. The molecule has 0 saturated carbocycles. The van der Waals surface area contributed by atoms with Gasteiger partial charge in [0.15, 0.2) is 0 Å². The van der Waals surface area contributed by atoms with Gasteiger partial charge in [0.2, 0.25) is 5.78 Å². The number of nitrogens with zero attached hydrogens (tertiary/aromatic N) is 2. The fourth-order valence-electron chi connectivity index (χ4n) is 3.56. The van der Waals surface area contributed by atoms with Crippen LogP contribution < -0.4 is 5.73 Å². The van der Waals surface area contributed by atoms with E-state index in [1.165, 1.54) is 47.7 Å². The molecule has 0 fully saturated rings. The molecule has 0 aliphatic carbocycles. The van der Waals surface area contributed by atoms with Crippen molar-refractivity contribution in [1.29, 1.82) is 0 Å². The minimum atomic E-state index is -0.415. The molecule has 2 N–H and O–H groups in total. The van der Waals surface area contributed by atoms with Crippen molar-refractivity contribution in [2.75, 3.05) is 5.73 Å². The highest BCUT2D eigenvalue weighted by Gasteiger charge is 2.25. The van der Waals surface area contributed by atoms with Gasteiger partial charge in [-0.05, 0) is 60.7 Å². The Balaban J connectivity index is 1.65. The van der Waals surface area contributed by atoms with Crippen molar-refractivity contribution in [1.82, 2.24) is 9.38 Å². The molecule has 0 radical (unpaired) electrons. The standard InChI is InChI=1S/C24H15F2N3OS/c25-16-8-4-14(5-9-16)18-13-31-24(28-18)20-19-3-1-2-12-29(19)22(21(20)27)23(30)15-6-10-17(26)11-7-15/h1-13H,27H2. The van der Waals surface area contributed by atoms with Crippen LogP contribution in [0.5, 0.6) is 0 Å². The van der Waals surface area contributed by atoms with Crippen LogP contribution in [0.4, 0.5) is 14.5 Å². The van der Waals surface area contributed by atoms with E-state index in [2.05, 4.69) is 0 Å². The number of anilines is 1. The number of pyridine rings is 1. The Hall–Kier alpha value is -3.84. The predicted octanol–water partition coefficient (Wildman–Crippen LogP) is 5.82. The summed E-state index contributed by atoms with van der Waals surface area (Å²) < 4.78 is 28.3. The van der Waals surface area contributed by atoms with Crippen molar-refractivity contribution in [2.24, 2.45) is 0 Å². The number of carbonyl (C=O) groups is 1. The molecule has 5 rings (SSSR count). The topological polar surface area (TPSA) is 60.4 Å². The zero-order chi connectivity index (χ0) is 21.5. The summed E-state index contributed by atoms with van der Waals surface area (Å²) in [5, 5.41) is 2.52. The molecule has 3 heterocycles. The van der Waals surface area contributed by atoms with E-state index in [1.54, 1.807) is 22.7 Å². The van der Waals surface area contributed by atoms with Crippen LogP contribution in [0.3, 0.4) is 0 Å². The number of thiazole rings is 1. The van der Waals surface area contributed by atoms with Crippen LogP contribution in [0.15, 0.2) is 78.3 Å². The molecule has 7 heteroatoms. The molecular formula is C24H15F2N3OS. The molecule has 0 aliphatic rings. The number of rotatable bonds is 4. The van der Waals surface area contributed by atoms with Crippen molar-refractivity contribution in [3.05, 3.63) is 101 Å². The maximum atomic E-state index is 13.3. The predicted molar refractivity (Wildman–Crippen MR) is 118 cm³/mol. The maximum Gasteiger partial charge on any atom is 0.211 e. The van der Waals surface area contributed by atoms with Gasteiger partial charge in [-0.1, -0.05) is 6.07 Å². The molecular weight excluding hydrogens is 416 g/mol. The van der Waals surface area contributed by atoms with Gasteiger partial charge in [-0.2, -0.15) is 0 Å². The lowest BCUT2D eigenvalue weighted by Crippen LogP contribution is -2.08. The Labute approximate surface area is 180 Å². The fourth-order valence-corrected chi connectivity index (χ4v) is 4.46. The summed E-state index contributed by atoms with van der Waals surface area (Å²) >= 11 is 1.39. The van der Waals surface area contributed by atoms with Gasteiger partial charge in [0.05, 0.1) is 22.5 Å². The number of nitrogen functional groups attached to an aromatic ring is 1. The first-order chi connectivity index (χ1) is 15.0. The lowest BCUT2D eigenvalue weighted by atomic mass is 10.1. The molecule has 152 valence electrons. The molecule has 0 spiro atoms. The minimum Gasteiger partial charge on any atom is -0.396 e. The van der Waals surface area contributed by atoms with Gasteiger partial charge >= 0.3 is 0 Å². The highest BCUT2D eigenvalue weighted by molar-refractivity contribution is 7.13. The Morgan fingerprint density at radius 2 is 1.61 bits per heavy atom. The van der Waals surface area contributed by atoms with Crippen LogP contribution in [0.25, 0.3) is 27.3 Å². The summed E-state index contributed by atoms with van der Waals surface area (Å²) in [6.07, 6.45) is 1.76. The second-order valence-electron chi connectivity index (χ2n) is 6.97. The van der Waals surface area contributed by atoms with E-state index in [1.807, 2.05) is 23.6 Å². The zero-order valence-corrected chi connectivity index (χ0v) is 16.9. The normalized spacial score (nSPS) is 11.2. The molecule has 0 aliphatic heterocycles. The van der Waals surface area contributed by atoms with Crippen LogP contribution in [0.1, 0.15) is 16.1 Å². The number of carbonyl (C=O) groups excluding carboxylic acids is 1. The molecule has 0 unspecified atom stereocenters. The molecule has 0 amide bonds. The van der Waals surface area contributed by atoms with Gasteiger partial charge < -0.3 is 10.1 Å². The first-order valence-corrected chi connectivity index (χ1v) is 10.3. The molecule has 3 aromatic heterocycles. The summed E-state index contributed by atoms with van der Waals surface area (Å²) in [5.41, 5.74) is 10.3. The monoisotopic (exact) mass is 431 g/mol. The summed E-state index contributed by atoms with van der Waals surface area (Å²) in [5.74, 6) is -1.03. The van der Waals surface area contributed by atoms with Crippen molar-refractivity contribution in [3.63, 3.8) is 0 Å². The second-order valence-corrected chi connectivity index (χ2v) is 7.83. The third kappa shape index (κ3) is 3.29. The van der Waals surface area contributed by atoms with Crippen LogP contribution >= 0.6 is 11.3 Å². The zero-order valence-electron chi connectivity index (χ0n) is 16.0. The summed E-state index contributed by atoms with van der Waals surface area (Å²) in [6, 6.07) is 17.0. The smallest absolute Gasteiger partial charge is 0.211 e. The number of hydrogen-bond donors (Lipinski definition) is 1. The van der Waals surface area contributed by atoms with E-state index in [4.69, 9.17) is 10.7 Å². The largest absolute Gasteiger partial charge is 0.396 e. The fraction of sp³-hybridized carbons (Fsp3) is 0. The Morgan fingerprint density at radius 1 is 0.935 bits per heavy atom. The second kappa shape index (κ2) is 7.45. The average Bonchev–Trinajstić information content (AvgIpc) is 3.36. The minimum absolute atomic E-state index is 0.302. The Kier molecular flexibility index (Phi) is 4.60. The third-order valence-electron chi connectivity index (χ3n) is 5.06. The van der Waals surface area contributed by atoms with Crippen molar-refractivity contribution in [3.8, 4) is 21.8 Å². The van der Waals surface area contributed by atoms with Gasteiger partial charge in [0.1, 0.15) is 22.3 Å². The Bertz CT molecular complexity index is 1420. The summed E-state index contributed by atoms with van der Waals surface area (Å²) in [6.45, 7) is 0. The number of ketones is 1. The molecule has 5 aromatic rings. The number of fused-ring (bicyclic) bond motifs is 1. The highest BCUT2D eigenvalue weighted by Crippen LogP contribution is 2.39. The van der Waals surface area contributed by atoms with Crippen LogP contribution in [0.2, 0.25) is 0 Å². The van der Waals surface area contributed by atoms with Crippen molar-refractivity contribution < 1.29 is 13.6 Å². The van der Waals surface area contributed by atoms with Crippen molar-refractivity contribution in [2.45, 2.75) is 0 Å². The van der Waals surface area contributed by atoms with E-state index in [0.29, 0.717) is 33.2 Å². The number of nitrogens with two attached hydrogens (primary N) is 1. The summed E-state index contributed by atoms with van der Waals surface area (Å²) in [7, 11) is 0. The molecule has 4 nitrogen and oxygen atoms in total. The number of halogens is 2.